The molecule has 1 fully saturated rings. The minimum Gasteiger partial charge on any atom is -0.507 e. The number of Topliss-reactive ketones (excluding diaryl/α,β-unsaturated/α-hetero) is 1. The number of rotatable bonds is 5. The third-order valence-corrected chi connectivity index (χ3v) is 5.64. The summed E-state index contributed by atoms with van der Waals surface area (Å²) < 4.78 is 5.84. The Bertz CT molecular complexity index is 1170. The number of hydrogen-bond donors (Lipinski definition) is 1. The molecule has 3 heterocycles. The summed E-state index contributed by atoms with van der Waals surface area (Å²) in [7, 11) is 1.53. The highest BCUT2D eigenvalue weighted by molar-refractivity contribution is 9.10. The zero-order chi connectivity index (χ0) is 22.0. The topological polar surface area (TPSA) is 92.6 Å². The molecule has 4 rings (SSSR count). The van der Waals surface area contributed by atoms with Crippen LogP contribution in [0.2, 0.25) is 0 Å². The maximum absolute atomic E-state index is 13.0. The third-order valence-electron chi connectivity index (χ3n) is 5.02. The number of aliphatic hydroxyl groups is 1. The van der Waals surface area contributed by atoms with E-state index in [4.69, 9.17) is 4.74 Å². The number of likely N-dealkylation sites (tertiary alicyclic amines) is 1. The van der Waals surface area contributed by atoms with Crippen LogP contribution in [0.15, 0.2) is 77.2 Å². The first-order valence-electron chi connectivity index (χ1n) is 9.43. The average molecular weight is 480 g/mol. The second-order valence-corrected chi connectivity index (χ2v) is 7.74. The second-order valence-electron chi connectivity index (χ2n) is 6.88. The van der Waals surface area contributed by atoms with Gasteiger partial charge in [-0.2, -0.15) is 0 Å². The first kappa shape index (κ1) is 20.7. The molecule has 1 atom stereocenters. The largest absolute Gasteiger partial charge is 0.507 e. The zero-order valence-corrected chi connectivity index (χ0v) is 18.1. The molecule has 0 radical (unpaired) electrons. The number of ketones is 1. The number of amides is 1. The lowest BCUT2D eigenvalue weighted by atomic mass is 9.96. The van der Waals surface area contributed by atoms with E-state index in [0.717, 1.165) is 0 Å². The van der Waals surface area contributed by atoms with E-state index in [-0.39, 0.29) is 17.9 Å². The van der Waals surface area contributed by atoms with Crippen LogP contribution in [0.4, 0.5) is 0 Å². The Morgan fingerprint density at radius 1 is 1.16 bits per heavy atom. The zero-order valence-electron chi connectivity index (χ0n) is 16.5. The Balaban J connectivity index is 1.85. The van der Waals surface area contributed by atoms with Gasteiger partial charge >= 0.3 is 0 Å². The number of methoxy groups -OCH3 is 1. The van der Waals surface area contributed by atoms with Crippen LogP contribution in [0.25, 0.3) is 5.76 Å². The van der Waals surface area contributed by atoms with E-state index in [1.165, 1.54) is 12.0 Å². The van der Waals surface area contributed by atoms with Crippen molar-refractivity contribution in [2.45, 2.75) is 12.6 Å². The van der Waals surface area contributed by atoms with Gasteiger partial charge in [0.2, 0.25) is 0 Å². The number of aromatic nitrogens is 2. The van der Waals surface area contributed by atoms with Gasteiger partial charge in [-0.15, -0.1) is 0 Å². The SMILES string of the molecule is COc1ccc(/C(O)=C2/C(=O)C(=O)N(Cc3ccccn3)C2c2cccnc2)cc1Br. The summed E-state index contributed by atoms with van der Waals surface area (Å²) >= 11 is 3.39. The van der Waals surface area contributed by atoms with Crippen LogP contribution in [0, 0.1) is 0 Å². The first-order valence-corrected chi connectivity index (χ1v) is 10.2. The summed E-state index contributed by atoms with van der Waals surface area (Å²) in [5.74, 6) is -1.14. The van der Waals surface area contributed by atoms with Gasteiger partial charge in [-0.25, -0.2) is 0 Å². The van der Waals surface area contributed by atoms with Gasteiger partial charge in [0.15, 0.2) is 0 Å². The van der Waals surface area contributed by atoms with E-state index in [9.17, 15) is 14.7 Å². The fourth-order valence-electron chi connectivity index (χ4n) is 3.56. The molecule has 3 aromatic rings. The van der Waals surface area contributed by atoms with Crippen molar-refractivity contribution in [2.24, 2.45) is 0 Å². The van der Waals surface area contributed by atoms with Crippen LogP contribution >= 0.6 is 15.9 Å². The lowest BCUT2D eigenvalue weighted by Crippen LogP contribution is -2.29. The van der Waals surface area contributed by atoms with Crippen molar-refractivity contribution in [2.75, 3.05) is 7.11 Å². The summed E-state index contributed by atoms with van der Waals surface area (Å²) in [5, 5.41) is 11.1. The van der Waals surface area contributed by atoms with Crippen LogP contribution in [-0.2, 0) is 16.1 Å². The Kier molecular flexibility index (Phi) is 5.81. The monoisotopic (exact) mass is 479 g/mol. The summed E-state index contributed by atoms with van der Waals surface area (Å²) in [6.45, 7) is 0.119. The van der Waals surface area contributed by atoms with Gasteiger partial charge in [-0.1, -0.05) is 12.1 Å². The summed E-state index contributed by atoms with van der Waals surface area (Å²) in [5.41, 5.74) is 1.64. The number of nitrogens with zero attached hydrogens (tertiary/aromatic N) is 3. The van der Waals surface area contributed by atoms with E-state index >= 15 is 0 Å². The van der Waals surface area contributed by atoms with Crippen LogP contribution in [-0.4, -0.2) is 38.8 Å². The fourth-order valence-corrected chi connectivity index (χ4v) is 4.10. The molecule has 31 heavy (non-hydrogen) atoms. The summed E-state index contributed by atoms with van der Waals surface area (Å²) in [6, 6.07) is 13.0. The molecule has 0 spiro atoms. The lowest BCUT2D eigenvalue weighted by Gasteiger charge is -2.24. The molecular formula is C23H18BrN3O4. The second kappa shape index (κ2) is 8.69. The number of hydrogen-bond acceptors (Lipinski definition) is 6. The molecule has 1 aliphatic rings. The highest BCUT2D eigenvalue weighted by Crippen LogP contribution is 2.40. The number of ether oxygens (including phenoxy) is 1. The molecule has 0 bridgehead atoms. The Morgan fingerprint density at radius 3 is 2.65 bits per heavy atom. The highest BCUT2D eigenvalue weighted by Gasteiger charge is 2.46. The number of carbonyl (C=O) groups excluding carboxylic acids is 2. The Hall–Kier alpha value is -3.52. The van der Waals surface area contributed by atoms with Crippen molar-refractivity contribution >= 4 is 33.4 Å². The van der Waals surface area contributed by atoms with Crippen molar-refractivity contribution in [3.8, 4) is 5.75 Å². The van der Waals surface area contributed by atoms with E-state index in [1.807, 2.05) is 6.07 Å². The summed E-state index contributed by atoms with van der Waals surface area (Å²) in [6.07, 6.45) is 4.81. The summed E-state index contributed by atoms with van der Waals surface area (Å²) in [4.78, 5) is 35.8. The van der Waals surface area contributed by atoms with E-state index in [2.05, 4.69) is 25.9 Å². The van der Waals surface area contributed by atoms with Gasteiger partial charge in [-0.3, -0.25) is 19.6 Å². The number of pyridine rings is 2. The maximum Gasteiger partial charge on any atom is 0.296 e. The first-order chi connectivity index (χ1) is 15.0. The van der Waals surface area contributed by atoms with Crippen molar-refractivity contribution in [3.63, 3.8) is 0 Å². The molecule has 1 aromatic carbocycles. The Morgan fingerprint density at radius 2 is 2.00 bits per heavy atom. The quantitative estimate of drug-likeness (QED) is 0.339. The van der Waals surface area contributed by atoms with Crippen molar-refractivity contribution < 1.29 is 19.4 Å². The van der Waals surface area contributed by atoms with Gasteiger partial charge in [0.1, 0.15) is 11.5 Å². The molecule has 7 nitrogen and oxygen atoms in total. The molecule has 8 heteroatoms. The van der Waals surface area contributed by atoms with E-state index < -0.39 is 17.7 Å². The van der Waals surface area contributed by atoms with E-state index in [0.29, 0.717) is 27.0 Å². The molecule has 1 saturated heterocycles. The molecule has 156 valence electrons. The minimum absolute atomic E-state index is 0.00555. The smallest absolute Gasteiger partial charge is 0.296 e. The predicted molar refractivity (Wildman–Crippen MR) is 117 cm³/mol. The van der Waals surface area contributed by atoms with Crippen LogP contribution in [0.1, 0.15) is 22.9 Å². The number of benzene rings is 1. The fraction of sp³-hybridized carbons (Fsp3) is 0.130. The third kappa shape index (κ3) is 3.94. The van der Waals surface area contributed by atoms with Gasteiger partial charge in [-0.05, 0) is 57.9 Å². The molecule has 1 N–H and O–H groups in total. The molecular weight excluding hydrogens is 462 g/mol. The van der Waals surface area contributed by atoms with Crippen LogP contribution < -0.4 is 4.74 Å². The lowest BCUT2D eigenvalue weighted by molar-refractivity contribution is -0.140. The molecule has 2 aromatic heterocycles. The van der Waals surface area contributed by atoms with Gasteiger partial charge < -0.3 is 14.7 Å². The number of halogens is 1. The molecule has 1 amide bonds. The highest BCUT2D eigenvalue weighted by atomic mass is 79.9. The van der Waals surface area contributed by atoms with Gasteiger partial charge in [0, 0.05) is 24.2 Å². The normalized spacial score (nSPS) is 17.7. The molecule has 0 saturated carbocycles. The Labute approximate surface area is 187 Å². The standard InChI is InChI=1S/C23H18BrN3O4/c1-31-18-8-7-14(11-17(18)24)21(28)19-20(15-5-4-9-25-12-15)27(23(30)22(19)29)13-16-6-2-3-10-26-16/h2-12,20,28H,13H2,1H3/b21-19-. The maximum atomic E-state index is 13.0. The van der Waals surface area contributed by atoms with Gasteiger partial charge in [0.25, 0.3) is 11.7 Å². The van der Waals surface area contributed by atoms with E-state index in [1.54, 1.807) is 61.1 Å². The van der Waals surface area contributed by atoms with Crippen molar-refractivity contribution in [3.05, 3.63) is 94.0 Å². The van der Waals surface area contributed by atoms with Crippen molar-refractivity contribution in [1.29, 1.82) is 0 Å². The van der Waals surface area contributed by atoms with Crippen LogP contribution in [0.5, 0.6) is 5.75 Å². The molecule has 0 aliphatic carbocycles. The van der Waals surface area contributed by atoms with Crippen LogP contribution in [0.3, 0.4) is 0 Å². The molecule has 1 aliphatic heterocycles. The average Bonchev–Trinajstić information content (AvgIpc) is 3.04. The van der Waals surface area contributed by atoms with Gasteiger partial charge in [0.05, 0.1) is 35.4 Å². The minimum atomic E-state index is -0.795. The number of carbonyl (C=O) groups is 2. The molecule has 1 unspecified atom stereocenters. The van der Waals surface area contributed by atoms with Crippen molar-refractivity contribution in [1.82, 2.24) is 14.9 Å². The number of aliphatic hydroxyl groups excluding tert-OH is 1. The predicted octanol–water partition coefficient (Wildman–Crippen LogP) is 3.87.